The summed E-state index contributed by atoms with van der Waals surface area (Å²) < 4.78 is 0. The lowest BCUT2D eigenvalue weighted by atomic mass is 9.87. The predicted octanol–water partition coefficient (Wildman–Crippen LogP) is 1.89. The molecule has 1 heterocycles. The van der Waals surface area contributed by atoms with E-state index >= 15 is 0 Å². The molecule has 2 N–H and O–H groups in total. The quantitative estimate of drug-likeness (QED) is 0.861. The van der Waals surface area contributed by atoms with Crippen molar-refractivity contribution in [2.45, 2.75) is 31.3 Å². The summed E-state index contributed by atoms with van der Waals surface area (Å²) in [5.41, 5.74) is 7.26. The van der Waals surface area contributed by atoms with Gasteiger partial charge in [-0.15, -0.1) is 0 Å². The van der Waals surface area contributed by atoms with Crippen LogP contribution in [0.5, 0.6) is 0 Å². The van der Waals surface area contributed by atoms with E-state index in [2.05, 4.69) is 35.2 Å². The van der Waals surface area contributed by atoms with Crippen LogP contribution in [0.15, 0.2) is 30.3 Å². The van der Waals surface area contributed by atoms with Crippen LogP contribution in [0.4, 0.5) is 0 Å². The summed E-state index contributed by atoms with van der Waals surface area (Å²) in [6.45, 7) is 2.85. The zero-order chi connectivity index (χ0) is 12.1. The Morgan fingerprint density at radius 1 is 1.35 bits per heavy atom. The topological polar surface area (TPSA) is 53.1 Å². The first kappa shape index (κ1) is 12.1. The van der Waals surface area contributed by atoms with Crippen LogP contribution in [0.3, 0.4) is 0 Å². The first-order chi connectivity index (χ1) is 8.22. The van der Waals surface area contributed by atoms with Crippen LogP contribution < -0.4 is 5.73 Å². The molecule has 1 aromatic carbocycles. The van der Waals surface area contributed by atoms with Crippen molar-refractivity contribution < 1.29 is 0 Å². The molecule has 1 aliphatic rings. The molecule has 1 aliphatic heterocycles. The second-order valence-corrected chi connectivity index (χ2v) is 5.00. The monoisotopic (exact) mass is 229 g/mol. The molecule has 1 fully saturated rings. The summed E-state index contributed by atoms with van der Waals surface area (Å²) in [4.78, 5) is 2.36. The van der Waals surface area contributed by atoms with Crippen molar-refractivity contribution in [1.82, 2.24) is 4.90 Å². The van der Waals surface area contributed by atoms with E-state index in [9.17, 15) is 0 Å². The smallest absolute Gasteiger partial charge is 0.0641 e. The molecule has 3 nitrogen and oxygen atoms in total. The van der Waals surface area contributed by atoms with Crippen molar-refractivity contribution in [2.75, 3.05) is 13.1 Å². The van der Waals surface area contributed by atoms with Gasteiger partial charge in [0.25, 0.3) is 0 Å². The first-order valence-electron chi connectivity index (χ1n) is 6.14. The van der Waals surface area contributed by atoms with E-state index in [1.165, 1.54) is 5.56 Å². The Balaban J connectivity index is 1.97. The summed E-state index contributed by atoms with van der Waals surface area (Å²) in [7, 11) is 0. The molecule has 90 valence electrons. The number of piperidine rings is 1. The Bertz CT molecular complexity index is 396. The van der Waals surface area contributed by atoms with Crippen molar-refractivity contribution in [3.63, 3.8) is 0 Å². The standard InChI is InChI=1S/C14H19N3/c15-9-8-14(16)7-4-10-17(12-14)11-13-5-2-1-3-6-13/h1-3,5-6H,4,7-8,10-12,16H2. The van der Waals surface area contributed by atoms with Gasteiger partial charge in [-0.3, -0.25) is 4.90 Å². The minimum Gasteiger partial charge on any atom is -0.323 e. The molecule has 0 spiro atoms. The summed E-state index contributed by atoms with van der Waals surface area (Å²) in [5.74, 6) is 0. The lowest BCUT2D eigenvalue weighted by Crippen LogP contribution is -2.53. The fourth-order valence-corrected chi connectivity index (χ4v) is 2.54. The second-order valence-electron chi connectivity index (χ2n) is 5.00. The van der Waals surface area contributed by atoms with Gasteiger partial charge < -0.3 is 5.73 Å². The highest BCUT2D eigenvalue weighted by Gasteiger charge is 2.31. The highest BCUT2D eigenvalue weighted by atomic mass is 15.2. The lowest BCUT2D eigenvalue weighted by Gasteiger charge is -2.39. The van der Waals surface area contributed by atoms with Crippen LogP contribution in [0.2, 0.25) is 0 Å². The molecule has 1 unspecified atom stereocenters. The third-order valence-electron chi connectivity index (χ3n) is 3.37. The van der Waals surface area contributed by atoms with Gasteiger partial charge in [-0.1, -0.05) is 30.3 Å². The molecule has 17 heavy (non-hydrogen) atoms. The minimum atomic E-state index is -0.304. The molecule has 0 amide bonds. The number of hydrogen-bond acceptors (Lipinski definition) is 3. The molecule has 0 radical (unpaired) electrons. The molecule has 3 heteroatoms. The molecular weight excluding hydrogens is 210 g/mol. The summed E-state index contributed by atoms with van der Waals surface area (Å²) in [6.07, 6.45) is 2.51. The predicted molar refractivity (Wildman–Crippen MR) is 68.1 cm³/mol. The normalized spacial score (nSPS) is 25.4. The van der Waals surface area contributed by atoms with E-state index in [0.29, 0.717) is 6.42 Å². The Kier molecular flexibility index (Phi) is 3.78. The third-order valence-corrected chi connectivity index (χ3v) is 3.37. The van der Waals surface area contributed by atoms with Gasteiger partial charge in [0.15, 0.2) is 0 Å². The first-order valence-corrected chi connectivity index (χ1v) is 6.14. The van der Waals surface area contributed by atoms with Crippen LogP contribution in [-0.4, -0.2) is 23.5 Å². The molecular formula is C14H19N3. The van der Waals surface area contributed by atoms with E-state index in [-0.39, 0.29) is 5.54 Å². The Morgan fingerprint density at radius 3 is 2.82 bits per heavy atom. The van der Waals surface area contributed by atoms with Gasteiger partial charge in [0, 0.05) is 18.6 Å². The lowest BCUT2D eigenvalue weighted by molar-refractivity contribution is 0.145. The van der Waals surface area contributed by atoms with Gasteiger partial charge in [0.1, 0.15) is 0 Å². The van der Waals surface area contributed by atoms with E-state index in [0.717, 1.165) is 32.5 Å². The van der Waals surface area contributed by atoms with Crippen molar-refractivity contribution >= 4 is 0 Å². The van der Waals surface area contributed by atoms with Gasteiger partial charge >= 0.3 is 0 Å². The number of nitriles is 1. The number of rotatable bonds is 3. The zero-order valence-electron chi connectivity index (χ0n) is 10.1. The van der Waals surface area contributed by atoms with Gasteiger partial charge in [-0.25, -0.2) is 0 Å². The Morgan fingerprint density at radius 2 is 2.12 bits per heavy atom. The number of nitrogens with two attached hydrogens (primary N) is 1. The SMILES string of the molecule is N#CCC1(N)CCCN(Cc2ccccc2)C1. The molecule has 0 saturated carbocycles. The van der Waals surface area contributed by atoms with Crippen molar-refractivity contribution in [3.05, 3.63) is 35.9 Å². The van der Waals surface area contributed by atoms with Crippen LogP contribution in [-0.2, 0) is 6.54 Å². The summed E-state index contributed by atoms with van der Waals surface area (Å²) in [6, 6.07) is 12.6. The largest absolute Gasteiger partial charge is 0.323 e. The highest BCUT2D eigenvalue weighted by molar-refractivity contribution is 5.15. The maximum Gasteiger partial charge on any atom is 0.0641 e. The van der Waals surface area contributed by atoms with Gasteiger partial charge in [-0.2, -0.15) is 5.26 Å². The van der Waals surface area contributed by atoms with E-state index in [1.807, 2.05) is 6.07 Å². The van der Waals surface area contributed by atoms with Gasteiger partial charge in [0.2, 0.25) is 0 Å². The van der Waals surface area contributed by atoms with E-state index < -0.39 is 0 Å². The van der Waals surface area contributed by atoms with Crippen molar-refractivity contribution in [2.24, 2.45) is 5.73 Å². The van der Waals surface area contributed by atoms with Crippen LogP contribution >= 0.6 is 0 Å². The second kappa shape index (κ2) is 5.31. The minimum absolute atomic E-state index is 0.304. The summed E-state index contributed by atoms with van der Waals surface area (Å²) in [5, 5.41) is 8.81. The highest BCUT2D eigenvalue weighted by Crippen LogP contribution is 2.22. The van der Waals surface area contributed by atoms with Crippen molar-refractivity contribution in [3.8, 4) is 6.07 Å². The molecule has 1 atom stereocenters. The third kappa shape index (κ3) is 3.29. The maximum atomic E-state index is 8.81. The molecule has 0 aliphatic carbocycles. The number of benzene rings is 1. The molecule has 0 aromatic heterocycles. The number of likely N-dealkylation sites (tertiary alicyclic amines) is 1. The van der Waals surface area contributed by atoms with Crippen LogP contribution in [0.1, 0.15) is 24.8 Å². The summed E-state index contributed by atoms with van der Waals surface area (Å²) >= 11 is 0. The number of hydrogen-bond donors (Lipinski definition) is 1. The average molecular weight is 229 g/mol. The fourth-order valence-electron chi connectivity index (χ4n) is 2.54. The van der Waals surface area contributed by atoms with E-state index in [4.69, 9.17) is 11.0 Å². The Labute approximate surface area is 103 Å². The number of nitrogens with zero attached hydrogens (tertiary/aromatic N) is 2. The van der Waals surface area contributed by atoms with Gasteiger partial charge in [-0.05, 0) is 24.9 Å². The zero-order valence-corrected chi connectivity index (χ0v) is 10.1. The molecule has 1 aromatic rings. The fraction of sp³-hybridized carbons (Fsp3) is 0.500. The maximum absolute atomic E-state index is 8.81. The molecule has 2 rings (SSSR count). The Hall–Kier alpha value is -1.37. The van der Waals surface area contributed by atoms with Crippen LogP contribution in [0, 0.1) is 11.3 Å². The molecule has 1 saturated heterocycles. The van der Waals surface area contributed by atoms with Gasteiger partial charge in [0.05, 0.1) is 12.5 Å². The average Bonchev–Trinajstić information content (AvgIpc) is 2.30. The van der Waals surface area contributed by atoms with Crippen molar-refractivity contribution in [1.29, 1.82) is 5.26 Å². The van der Waals surface area contributed by atoms with E-state index in [1.54, 1.807) is 0 Å². The van der Waals surface area contributed by atoms with Crippen LogP contribution in [0.25, 0.3) is 0 Å². The molecule has 0 bridgehead atoms.